The second kappa shape index (κ2) is 18.4. The first kappa shape index (κ1) is 46.3. The van der Waals surface area contributed by atoms with Crippen molar-refractivity contribution in [3.63, 3.8) is 0 Å². The smallest absolute Gasteiger partial charge is 0.307 e. The first-order chi connectivity index (χ1) is 31.6. The number of amides is 2. The SMILES string of the molecule is O=C(O)Cc1ccc(N=Nc2c(S(=O)(=O)O)cc3cc(NC(=O)c4cc(O)cc(C(=O)Nc5ccc6c(O)c(N=Nc7ccc(CC(=O)O)cc7)c(S(=O)(=O)O)cc6c5)n4)ccc3c2O)cc1. The molecule has 0 aliphatic carbocycles. The first-order valence-electron chi connectivity index (χ1n) is 19.0. The fraction of sp³-hybridized carbons (Fsp3) is 0.0465. The third kappa shape index (κ3) is 10.8. The molecule has 1 heterocycles. The number of anilines is 2. The number of phenolic OH excluding ortho intramolecular Hbond substituents is 2. The molecule has 0 fully saturated rings. The van der Waals surface area contributed by atoms with Gasteiger partial charge in [-0.05, 0) is 94.7 Å². The number of carboxylic acids is 2. The van der Waals surface area contributed by atoms with E-state index in [1.54, 1.807) is 0 Å². The number of carbonyl (C=O) groups is 4. The van der Waals surface area contributed by atoms with Gasteiger partial charge in [0.25, 0.3) is 32.1 Å². The standard InChI is InChI=1S/C43H31N7O15S2/c51-29-19-32(42(58)44-27-9-11-30-23(15-27)17-34(66(60,61)62)38(40(30)56)49-47-25-5-1-21(2-6-25)13-36(52)53)46-33(20-29)43(59)45-28-10-12-31-24(16-28)18-35(67(63,64)65)39(41(31)57)50-48-26-7-3-22(4-8-26)14-37(54)55/h1-12,15-20,56-57H,13-14H2,(H,44,58)(H,45,59)(H,46,51)(H,52,53)(H,54,55)(H,60,61,62)(H,63,64,65). The van der Waals surface area contributed by atoms with Crippen molar-refractivity contribution >= 4 is 99.7 Å². The maximum absolute atomic E-state index is 13.4. The zero-order valence-electron chi connectivity index (χ0n) is 33.8. The normalized spacial score (nSPS) is 11.9. The molecule has 0 saturated carbocycles. The molecule has 9 N–H and O–H groups in total. The number of phenols is 2. The van der Waals surface area contributed by atoms with Gasteiger partial charge >= 0.3 is 11.9 Å². The van der Waals surface area contributed by atoms with Gasteiger partial charge in [-0.2, -0.15) is 27.1 Å². The molecule has 0 aliphatic heterocycles. The number of hydrogen-bond acceptors (Lipinski definition) is 16. The molecule has 0 spiro atoms. The molecule has 2 amide bonds. The summed E-state index contributed by atoms with van der Waals surface area (Å²) < 4.78 is 69.7. The zero-order chi connectivity index (χ0) is 48.4. The van der Waals surface area contributed by atoms with E-state index in [9.17, 15) is 60.4 Å². The molecule has 0 atom stereocenters. The second-order valence-electron chi connectivity index (χ2n) is 14.3. The number of carboxylic acid groups (broad SMARTS) is 2. The van der Waals surface area contributed by atoms with E-state index in [1.165, 1.54) is 84.9 Å². The minimum atomic E-state index is -5.04. The van der Waals surface area contributed by atoms with Crippen LogP contribution in [0.4, 0.5) is 34.1 Å². The first-order valence-corrected chi connectivity index (χ1v) is 21.8. The van der Waals surface area contributed by atoms with Crippen LogP contribution in [0.25, 0.3) is 21.5 Å². The van der Waals surface area contributed by atoms with Crippen molar-refractivity contribution in [3.8, 4) is 17.2 Å². The molecule has 0 saturated heterocycles. The molecule has 340 valence electrons. The quantitative estimate of drug-likeness (QED) is 0.0374. The van der Waals surface area contributed by atoms with E-state index in [-0.39, 0.29) is 57.1 Å². The number of nitrogens with one attached hydrogen (secondary N) is 2. The predicted molar refractivity (Wildman–Crippen MR) is 237 cm³/mol. The number of nitrogens with zero attached hydrogens (tertiary/aromatic N) is 5. The number of benzene rings is 6. The summed E-state index contributed by atoms with van der Waals surface area (Å²) >= 11 is 0. The van der Waals surface area contributed by atoms with Crippen molar-refractivity contribution in [2.75, 3.05) is 10.6 Å². The highest BCUT2D eigenvalue weighted by atomic mass is 32.2. The zero-order valence-corrected chi connectivity index (χ0v) is 35.4. The summed E-state index contributed by atoms with van der Waals surface area (Å²) in [4.78, 5) is 51.1. The van der Waals surface area contributed by atoms with Gasteiger partial charge in [-0.3, -0.25) is 28.3 Å². The second-order valence-corrected chi connectivity index (χ2v) is 17.1. The number of azo groups is 2. The molecule has 22 nitrogen and oxygen atoms in total. The van der Waals surface area contributed by atoms with Crippen molar-refractivity contribution in [1.29, 1.82) is 0 Å². The van der Waals surface area contributed by atoms with Gasteiger partial charge in [0.2, 0.25) is 0 Å². The molecular formula is C43H31N7O15S2. The van der Waals surface area contributed by atoms with E-state index in [2.05, 4.69) is 36.1 Å². The summed E-state index contributed by atoms with van der Waals surface area (Å²) in [5, 5.41) is 71.0. The van der Waals surface area contributed by atoms with Gasteiger partial charge in [0.15, 0.2) is 11.5 Å². The molecule has 1 aromatic heterocycles. The van der Waals surface area contributed by atoms with Crippen LogP contribution in [0, 0.1) is 0 Å². The Morgan fingerprint density at radius 1 is 0.507 bits per heavy atom. The van der Waals surface area contributed by atoms with Crippen molar-refractivity contribution in [2.24, 2.45) is 20.5 Å². The van der Waals surface area contributed by atoms with Crippen LogP contribution in [0.15, 0.2) is 139 Å². The number of carbonyl (C=O) groups excluding carboxylic acids is 2. The van der Waals surface area contributed by atoms with Crippen LogP contribution < -0.4 is 10.6 Å². The number of aromatic hydroxyl groups is 3. The highest BCUT2D eigenvalue weighted by Crippen LogP contribution is 2.43. The molecule has 0 unspecified atom stereocenters. The monoisotopic (exact) mass is 949 g/mol. The van der Waals surface area contributed by atoms with Crippen LogP contribution in [0.2, 0.25) is 0 Å². The number of pyridine rings is 1. The number of aliphatic carboxylic acids is 2. The molecular weight excluding hydrogens is 919 g/mol. The van der Waals surface area contributed by atoms with Crippen LogP contribution in [-0.4, -0.2) is 80.2 Å². The van der Waals surface area contributed by atoms with E-state index in [0.717, 1.165) is 24.3 Å². The van der Waals surface area contributed by atoms with Crippen molar-refractivity contribution in [3.05, 3.63) is 132 Å². The molecule has 0 aliphatic rings. The van der Waals surface area contributed by atoms with Crippen molar-refractivity contribution < 1.29 is 70.7 Å². The number of aromatic nitrogens is 1. The molecule has 7 rings (SSSR count). The lowest BCUT2D eigenvalue weighted by atomic mass is 10.1. The molecule has 0 radical (unpaired) electrons. The fourth-order valence-corrected chi connectivity index (χ4v) is 7.83. The molecule has 6 aromatic carbocycles. The predicted octanol–water partition coefficient (Wildman–Crippen LogP) is 7.59. The average Bonchev–Trinajstić information content (AvgIpc) is 3.25. The summed E-state index contributed by atoms with van der Waals surface area (Å²) in [6, 6.07) is 23.0. The van der Waals surface area contributed by atoms with Crippen LogP contribution in [0.5, 0.6) is 17.2 Å². The third-order valence-electron chi connectivity index (χ3n) is 9.56. The molecule has 0 bridgehead atoms. The van der Waals surface area contributed by atoms with E-state index in [4.69, 9.17) is 10.2 Å². The maximum Gasteiger partial charge on any atom is 0.307 e. The Labute approximate surface area is 376 Å². The van der Waals surface area contributed by atoms with Gasteiger partial charge in [0.05, 0.1) is 24.2 Å². The Hall–Kier alpha value is -8.71. The Kier molecular flexibility index (Phi) is 12.7. The lowest BCUT2D eigenvalue weighted by Gasteiger charge is -2.12. The minimum absolute atomic E-state index is 0.00145. The summed E-state index contributed by atoms with van der Waals surface area (Å²) in [5.41, 5.74) is -0.931. The number of hydrogen-bond donors (Lipinski definition) is 9. The van der Waals surface area contributed by atoms with E-state index >= 15 is 0 Å². The molecule has 24 heteroatoms. The summed E-state index contributed by atoms with van der Waals surface area (Å²) in [5.74, 6) is -6.02. The highest BCUT2D eigenvalue weighted by molar-refractivity contribution is 7.86. The Bertz CT molecular complexity index is 3270. The van der Waals surface area contributed by atoms with E-state index < -0.39 is 93.8 Å². The van der Waals surface area contributed by atoms with E-state index in [1.807, 2.05) is 0 Å². The van der Waals surface area contributed by atoms with Gasteiger partial charge in [-0.25, -0.2) is 4.98 Å². The van der Waals surface area contributed by atoms with Gasteiger partial charge in [-0.1, -0.05) is 24.3 Å². The summed E-state index contributed by atoms with van der Waals surface area (Å²) in [6.45, 7) is 0. The van der Waals surface area contributed by atoms with Gasteiger partial charge in [0, 0.05) is 34.3 Å². The van der Waals surface area contributed by atoms with Crippen molar-refractivity contribution in [1.82, 2.24) is 4.98 Å². The van der Waals surface area contributed by atoms with E-state index in [0.29, 0.717) is 11.1 Å². The van der Waals surface area contributed by atoms with Crippen LogP contribution in [0.1, 0.15) is 32.1 Å². The Morgan fingerprint density at radius 3 is 1.22 bits per heavy atom. The molecule has 67 heavy (non-hydrogen) atoms. The van der Waals surface area contributed by atoms with Crippen LogP contribution in [-0.2, 0) is 42.7 Å². The summed E-state index contributed by atoms with van der Waals surface area (Å²) in [6.07, 6.45) is -0.510. The van der Waals surface area contributed by atoms with Gasteiger partial charge in [0.1, 0.15) is 38.3 Å². The largest absolute Gasteiger partial charge is 0.508 e. The average molecular weight is 950 g/mol. The summed E-state index contributed by atoms with van der Waals surface area (Å²) in [7, 11) is -10.1. The van der Waals surface area contributed by atoms with Gasteiger partial charge < -0.3 is 36.2 Å². The highest BCUT2D eigenvalue weighted by Gasteiger charge is 2.25. The fourth-order valence-electron chi connectivity index (χ4n) is 6.51. The Morgan fingerprint density at radius 2 is 0.881 bits per heavy atom. The van der Waals surface area contributed by atoms with Crippen LogP contribution in [0.3, 0.4) is 0 Å². The minimum Gasteiger partial charge on any atom is -0.508 e. The van der Waals surface area contributed by atoms with Gasteiger partial charge in [-0.15, -0.1) is 10.2 Å². The Balaban J connectivity index is 1.10. The van der Waals surface area contributed by atoms with Crippen molar-refractivity contribution in [2.45, 2.75) is 22.6 Å². The lowest BCUT2D eigenvalue weighted by molar-refractivity contribution is -0.137. The number of fused-ring (bicyclic) bond motifs is 2. The third-order valence-corrected chi connectivity index (χ3v) is 11.3. The number of rotatable bonds is 14. The molecule has 7 aromatic rings. The van der Waals surface area contributed by atoms with Crippen LogP contribution >= 0.6 is 0 Å². The topological polar surface area (TPSA) is 365 Å². The maximum atomic E-state index is 13.4. The lowest BCUT2D eigenvalue weighted by Crippen LogP contribution is -2.18.